The molecule has 0 radical (unpaired) electrons. The van der Waals surface area contributed by atoms with E-state index in [2.05, 4.69) is 16.2 Å². The zero-order valence-corrected chi connectivity index (χ0v) is 10.9. The molecule has 19 heavy (non-hydrogen) atoms. The Morgan fingerprint density at radius 1 is 1.42 bits per heavy atom. The van der Waals surface area contributed by atoms with E-state index in [1.807, 2.05) is 18.2 Å². The molecule has 0 aromatic heterocycles. The van der Waals surface area contributed by atoms with Crippen LogP contribution < -0.4 is 25.6 Å². The molecule has 102 valence electrons. The van der Waals surface area contributed by atoms with Crippen molar-refractivity contribution in [3.05, 3.63) is 23.8 Å². The maximum atomic E-state index is 11.9. The van der Waals surface area contributed by atoms with Gasteiger partial charge in [0.2, 0.25) is 12.7 Å². The maximum absolute atomic E-state index is 11.9. The third-order valence-electron chi connectivity index (χ3n) is 3.10. The number of fused-ring (bicyclic) bond motifs is 1. The van der Waals surface area contributed by atoms with Gasteiger partial charge in [-0.1, -0.05) is 6.07 Å². The number of hydrazine groups is 1. The molecule has 1 fully saturated rings. The zero-order valence-electron chi connectivity index (χ0n) is 10.1. The van der Waals surface area contributed by atoms with E-state index < -0.39 is 6.04 Å². The Hall–Kier alpha value is -1.50. The van der Waals surface area contributed by atoms with Crippen molar-refractivity contribution < 1.29 is 14.3 Å². The first-order chi connectivity index (χ1) is 9.24. The minimum Gasteiger partial charge on any atom is -0.454 e. The van der Waals surface area contributed by atoms with Crippen molar-refractivity contribution in [3.63, 3.8) is 0 Å². The summed E-state index contributed by atoms with van der Waals surface area (Å²) in [6.07, 6.45) is 0. The number of amides is 1. The first-order valence-electron chi connectivity index (χ1n) is 6.03. The van der Waals surface area contributed by atoms with E-state index in [1.54, 1.807) is 0 Å². The second kappa shape index (κ2) is 5.24. The van der Waals surface area contributed by atoms with Crippen LogP contribution in [0, 0.1) is 0 Å². The van der Waals surface area contributed by atoms with Gasteiger partial charge in [0.25, 0.3) is 0 Å². The molecule has 0 bridgehead atoms. The molecule has 1 aromatic rings. The monoisotopic (exact) mass is 283 g/mol. The average Bonchev–Trinajstić information content (AvgIpc) is 3.03. The molecular formula is C12H14ClN3O3. The Labute approximate surface area is 115 Å². The molecule has 0 spiro atoms. The van der Waals surface area contributed by atoms with E-state index in [0.717, 1.165) is 11.3 Å². The summed E-state index contributed by atoms with van der Waals surface area (Å²) in [5, 5.41) is 2.60. The van der Waals surface area contributed by atoms with E-state index in [9.17, 15) is 4.79 Å². The van der Waals surface area contributed by atoms with Gasteiger partial charge in [0.15, 0.2) is 11.5 Å². The van der Waals surface area contributed by atoms with Gasteiger partial charge in [-0.2, -0.15) is 0 Å². The lowest BCUT2D eigenvalue weighted by molar-refractivity contribution is -0.122. The highest BCUT2D eigenvalue weighted by Crippen LogP contribution is 2.32. The first kappa shape index (κ1) is 12.5. The fourth-order valence-electron chi connectivity index (χ4n) is 2.05. The number of halogens is 1. The number of hydrogen-bond donors (Lipinski definition) is 3. The van der Waals surface area contributed by atoms with Gasteiger partial charge in [-0.15, -0.1) is 11.6 Å². The standard InChI is InChI=1S/C12H14ClN3O3/c13-8-5-15-16-11(8)12(17)14-4-7-1-2-9-10(3-7)19-6-18-9/h1-3,8,11,15-16H,4-6H2,(H,14,17). The quantitative estimate of drug-likeness (QED) is 0.687. The smallest absolute Gasteiger partial charge is 0.240 e. The molecule has 2 aliphatic heterocycles. The van der Waals surface area contributed by atoms with E-state index in [1.165, 1.54) is 0 Å². The summed E-state index contributed by atoms with van der Waals surface area (Å²) in [7, 11) is 0. The van der Waals surface area contributed by atoms with E-state index in [0.29, 0.717) is 18.8 Å². The minimum atomic E-state index is -0.407. The van der Waals surface area contributed by atoms with Gasteiger partial charge in [-0.3, -0.25) is 10.2 Å². The molecule has 1 amide bonds. The Bertz CT molecular complexity index is 497. The fraction of sp³-hybridized carbons (Fsp3) is 0.417. The number of carbonyl (C=O) groups is 1. The van der Waals surface area contributed by atoms with Crippen molar-refractivity contribution in [3.8, 4) is 11.5 Å². The van der Waals surface area contributed by atoms with Gasteiger partial charge in [0.05, 0.1) is 5.38 Å². The number of rotatable bonds is 3. The van der Waals surface area contributed by atoms with Crippen molar-refractivity contribution in [2.24, 2.45) is 0 Å². The van der Waals surface area contributed by atoms with Gasteiger partial charge < -0.3 is 14.8 Å². The molecule has 1 saturated heterocycles. The predicted molar refractivity (Wildman–Crippen MR) is 69.0 cm³/mol. The number of ether oxygens (including phenoxy) is 2. The Balaban J connectivity index is 1.58. The van der Waals surface area contributed by atoms with Crippen LogP contribution in [0.5, 0.6) is 11.5 Å². The summed E-state index contributed by atoms with van der Waals surface area (Å²) in [6, 6.07) is 5.19. The number of carbonyl (C=O) groups excluding carboxylic acids is 1. The van der Waals surface area contributed by atoms with Crippen LogP contribution in [0.25, 0.3) is 0 Å². The SMILES string of the molecule is O=C(NCc1ccc2c(c1)OCO2)C1NNCC1Cl. The average molecular weight is 284 g/mol. The molecular weight excluding hydrogens is 270 g/mol. The minimum absolute atomic E-state index is 0.123. The van der Waals surface area contributed by atoms with Crippen molar-refractivity contribution in [1.82, 2.24) is 16.2 Å². The van der Waals surface area contributed by atoms with Gasteiger partial charge in [0.1, 0.15) is 6.04 Å². The predicted octanol–water partition coefficient (Wildman–Crippen LogP) is 0.115. The van der Waals surface area contributed by atoms with Crippen LogP contribution >= 0.6 is 11.6 Å². The highest BCUT2D eigenvalue weighted by atomic mass is 35.5. The normalized spacial score (nSPS) is 24.5. The third-order valence-corrected chi connectivity index (χ3v) is 3.51. The molecule has 3 N–H and O–H groups in total. The lowest BCUT2D eigenvalue weighted by Gasteiger charge is -2.13. The Kier molecular flexibility index (Phi) is 3.46. The third kappa shape index (κ3) is 2.60. The van der Waals surface area contributed by atoms with Crippen LogP contribution in [-0.2, 0) is 11.3 Å². The Morgan fingerprint density at radius 3 is 3.05 bits per heavy atom. The van der Waals surface area contributed by atoms with Gasteiger partial charge >= 0.3 is 0 Å². The van der Waals surface area contributed by atoms with Crippen LogP contribution in [-0.4, -0.2) is 30.7 Å². The number of hydrogen-bond acceptors (Lipinski definition) is 5. The van der Waals surface area contributed by atoms with Crippen molar-refractivity contribution in [1.29, 1.82) is 0 Å². The van der Waals surface area contributed by atoms with Crippen molar-refractivity contribution in [2.75, 3.05) is 13.3 Å². The molecule has 0 saturated carbocycles. The second-order valence-electron chi connectivity index (χ2n) is 4.42. The lowest BCUT2D eigenvalue weighted by Crippen LogP contribution is -2.45. The summed E-state index contributed by atoms with van der Waals surface area (Å²) in [5.41, 5.74) is 6.65. The van der Waals surface area contributed by atoms with Gasteiger partial charge in [0, 0.05) is 13.1 Å². The van der Waals surface area contributed by atoms with Crippen LogP contribution in [0.15, 0.2) is 18.2 Å². The number of nitrogens with one attached hydrogen (secondary N) is 3. The van der Waals surface area contributed by atoms with Crippen LogP contribution in [0.3, 0.4) is 0 Å². The molecule has 2 heterocycles. The second-order valence-corrected chi connectivity index (χ2v) is 4.98. The Morgan fingerprint density at radius 2 is 2.26 bits per heavy atom. The summed E-state index contributed by atoms with van der Waals surface area (Å²) in [4.78, 5) is 11.9. The molecule has 2 aliphatic rings. The molecule has 2 unspecified atom stereocenters. The highest BCUT2D eigenvalue weighted by Gasteiger charge is 2.30. The summed E-state index contributed by atoms with van der Waals surface area (Å²) < 4.78 is 10.5. The molecule has 1 aromatic carbocycles. The van der Waals surface area contributed by atoms with Gasteiger partial charge in [-0.25, -0.2) is 5.43 Å². The topological polar surface area (TPSA) is 71.6 Å². The highest BCUT2D eigenvalue weighted by molar-refractivity contribution is 6.23. The maximum Gasteiger partial charge on any atom is 0.240 e. The molecule has 3 rings (SSSR count). The van der Waals surface area contributed by atoms with Crippen LogP contribution in [0.1, 0.15) is 5.56 Å². The lowest BCUT2D eigenvalue weighted by atomic mass is 10.2. The van der Waals surface area contributed by atoms with E-state index >= 15 is 0 Å². The summed E-state index contributed by atoms with van der Waals surface area (Å²) in [6.45, 7) is 1.25. The molecule has 2 atom stereocenters. The zero-order chi connectivity index (χ0) is 13.2. The fourth-order valence-corrected chi connectivity index (χ4v) is 2.31. The molecule has 0 aliphatic carbocycles. The van der Waals surface area contributed by atoms with Crippen LogP contribution in [0.4, 0.5) is 0 Å². The first-order valence-corrected chi connectivity index (χ1v) is 6.46. The molecule has 7 heteroatoms. The van der Waals surface area contributed by atoms with Crippen molar-refractivity contribution in [2.45, 2.75) is 18.0 Å². The summed E-state index contributed by atoms with van der Waals surface area (Å²) in [5.74, 6) is 1.32. The number of benzene rings is 1. The number of alkyl halides is 1. The van der Waals surface area contributed by atoms with Crippen LogP contribution in [0.2, 0.25) is 0 Å². The van der Waals surface area contributed by atoms with E-state index in [4.69, 9.17) is 21.1 Å². The molecule has 6 nitrogen and oxygen atoms in total. The van der Waals surface area contributed by atoms with Crippen molar-refractivity contribution >= 4 is 17.5 Å². The van der Waals surface area contributed by atoms with E-state index in [-0.39, 0.29) is 18.1 Å². The van der Waals surface area contributed by atoms with Gasteiger partial charge in [-0.05, 0) is 17.7 Å². The largest absolute Gasteiger partial charge is 0.454 e. The summed E-state index contributed by atoms with van der Waals surface area (Å²) >= 11 is 6.01.